The van der Waals surface area contributed by atoms with E-state index in [1.54, 1.807) is 18.2 Å². The number of nitrogens with two attached hydrogens (primary N) is 2. The van der Waals surface area contributed by atoms with Gasteiger partial charge in [0.1, 0.15) is 11.5 Å². The molecule has 2 saturated heterocycles. The van der Waals surface area contributed by atoms with Crippen LogP contribution in [-0.4, -0.2) is 42.2 Å². The summed E-state index contributed by atoms with van der Waals surface area (Å²) in [7, 11) is 0. The molecule has 2 aliphatic rings. The van der Waals surface area contributed by atoms with E-state index in [0.717, 1.165) is 45.6 Å². The minimum Gasteiger partial charge on any atom is -0.383 e. The Morgan fingerprint density at radius 1 is 1.17 bits per heavy atom. The topological polar surface area (TPSA) is 107 Å². The van der Waals surface area contributed by atoms with Gasteiger partial charge < -0.3 is 21.1 Å². The summed E-state index contributed by atoms with van der Waals surface area (Å²) in [6.07, 6.45) is 3.07. The van der Waals surface area contributed by atoms with Gasteiger partial charge in [0.2, 0.25) is 5.95 Å². The Hall–Kier alpha value is -2.09. The molecule has 1 amide bonds. The van der Waals surface area contributed by atoms with Crippen molar-refractivity contribution < 1.29 is 9.53 Å². The van der Waals surface area contributed by atoms with E-state index in [1.807, 2.05) is 18.7 Å². The molecule has 30 heavy (non-hydrogen) atoms. The number of piperidine rings is 1. The number of halogens is 2. The Kier molecular flexibility index (Phi) is 7.06. The average Bonchev–Trinajstić information content (AvgIpc) is 3.20. The van der Waals surface area contributed by atoms with Gasteiger partial charge >= 0.3 is 0 Å². The monoisotopic (exact) mass is 451 g/mol. The fraction of sp³-hybridized carbons (Fsp3) is 0.476. The van der Waals surface area contributed by atoms with Gasteiger partial charge in [0.05, 0.1) is 22.2 Å². The van der Waals surface area contributed by atoms with Crippen LogP contribution in [0.1, 0.15) is 43.6 Å². The molecule has 4 N–H and O–H groups in total. The minimum atomic E-state index is -0.695. The average molecular weight is 452 g/mol. The number of nitrogens with zero attached hydrogens (tertiary/aromatic N) is 3. The number of rotatable bonds is 3. The Bertz CT molecular complexity index is 922. The second-order valence-corrected chi connectivity index (χ2v) is 8.17. The predicted octanol–water partition coefficient (Wildman–Crippen LogP) is 4.16. The fourth-order valence-electron chi connectivity index (χ4n) is 3.97. The van der Waals surface area contributed by atoms with Crippen LogP contribution in [0.15, 0.2) is 18.2 Å². The second kappa shape index (κ2) is 9.37. The van der Waals surface area contributed by atoms with Crippen molar-refractivity contribution in [3.8, 4) is 11.1 Å². The van der Waals surface area contributed by atoms with E-state index in [1.165, 1.54) is 0 Å². The summed E-state index contributed by atoms with van der Waals surface area (Å²) in [5, 5.41) is 0.619. The van der Waals surface area contributed by atoms with Crippen LogP contribution in [0, 0.1) is 5.41 Å². The van der Waals surface area contributed by atoms with Crippen LogP contribution in [0.5, 0.6) is 0 Å². The van der Waals surface area contributed by atoms with Crippen LogP contribution in [0.4, 0.5) is 11.8 Å². The van der Waals surface area contributed by atoms with Gasteiger partial charge in [0.25, 0.3) is 5.91 Å². The number of carbonyl (C=O) groups is 1. The number of carbonyl (C=O) groups excluding carboxylic acids is 1. The molecule has 1 aromatic heterocycles. The lowest BCUT2D eigenvalue weighted by Gasteiger charge is -2.38. The molecule has 9 heteroatoms. The molecule has 1 aromatic carbocycles. The molecule has 0 aliphatic carbocycles. The molecule has 7 nitrogen and oxygen atoms in total. The summed E-state index contributed by atoms with van der Waals surface area (Å²) in [6.45, 7) is 7.18. The molecule has 2 fully saturated rings. The van der Waals surface area contributed by atoms with Gasteiger partial charge in [0.15, 0.2) is 0 Å². The third-order valence-corrected chi connectivity index (χ3v) is 6.49. The van der Waals surface area contributed by atoms with Gasteiger partial charge in [-0.3, -0.25) is 4.79 Å². The lowest BCUT2D eigenvalue weighted by Crippen LogP contribution is -2.41. The maximum Gasteiger partial charge on any atom is 0.268 e. The quantitative estimate of drug-likeness (QED) is 0.724. The van der Waals surface area contributed by atoms with Crippen LogP contribution in [0.2, 0.25) is 10.0 Å². The summed E-state index contributed by atoms with van der Waals surface area (Å²) in [4.78, 5) is 23.1. The number of ether oxygens (including phenoxy) is 1. The van der Waals surface area contributed by atoms with E-state index < -0.39 is 5.91 Å². The number of hydrogen-bond donors (Lipinski definition) is 2. The van der Waals surface area contributed by atoms with Crippen LogP contribution < -0.4 is 16.4 Å². The standard InChI is InChI=1S/C19H21Cl2N5O2.C2H6/c20-12-3-1-2-11(14(12)21)13-15(17(23)27)24-18(25-16(13)22)26-7-4-19(5-8-26)6-9-28-10-19;1-2/h1-3H,4-10H2,(H2,23,27)(H2,22,24,25);1-2H3. The highest BCUT2D eigenvalue weighted by Crippen LogP contribution is 2.41. The van der Waals surface area contributed by atoms with Crippen molar-refractivity contribution in [2.24, 2.45) is 11.1 Å². The first-order valence-corrected chi connectivity index (χ1v) is 10.9. The molecule has 2 aliphatic heterocycles. The Balaban J connectivity index is 0.00000124. The molecule has 0 atom stereocenters. The number of amides is 1. The van der Waals surface area contributed by atoms with Crippen molar-refractivity contribution in [3.05, 3.63) is 33.9 Å². The van der Waals surface area contributed by atoms with Crippen molar-refractivity contribution in [1.82, 2.24) is 9.97 Å². The zero-order chi connectivity index (χ0) is 21.9. The molecule has 2 aromatic rings. The lowest BCUT2D eigenvalue weighted by molar-refractivity contribution is 0.0996. The number of benzene rings is 1. The molecule has 0 bridgehead atoms. The van der Waals surface area contributed by atoms with Crippen molar-refractivity contribution in [2.75, 3.05) is 36.9 Å². The van der Waals surface area contributed by atoms with Gasteiger partial charge in [0, 0.05) is 25.3 Å². The summed E-state index contributed by atoms with van der Waals surface area (Å²) < 4.78 is 5.58. The molecular weight excluding hydrogens is 425 g/mol. The van der Waals surface area contributed by atoms with Crippen molar-refractivity contribution >= 4 is 40.9 Å². The largest absolute Gasteiger partial charge is 0.383 e. The number of anilines is 2. The van der Waals surface area contributed by atoms with Gasteiger partial charge in [-0.25, -0.2) is 4.98 Å². The Morgan fingerprint density at radius 3 is 2.47 bits per heavy atom. The Labute approximate surface area is 186 Å². The maximum atomic E-state index is 12.1. The van der Waals surface area contributed by atoms with Crippen molar-refractivity contribution in [1.29, 1.82) is 0 Å². The summed E-state index contributed by atoms with van der Waals surface area (Å²) in [5.41, 5.74) is 12.9. The van der Waals surface area contributed by atoms with Crippen molar-refractivity contribution in [3.63, 3.8) is 0 Å². The number of aromatic nitrogens is 2. The first-order chi connectivity index (χ1) is 14.4. The summed E-state index contributed by atoms with van der Waals surface area (Å²) >= 11 is 12.4. The van der Waals surface area contributed by atoms with E-state index in [4.69, 9.17) is 39.4 Å². The normalized spacial score (nSPS) is 17.5. The SMILES string of the molecule is CC.NC(=O)c1nc(N2CCC3(CCOC3)CC2)nc(N)c1-c1cccc(Cl)c1Cl. The smallest absolute Gasteiger partial charge is 0.268 e. The molecule has 0 unspecified atom stereocenters. The molecule has 162 valence electrons. The first kappa shape index (κ1) is 22.6. The molecule has 4 rings (SSSR count). The number of hydrogen-bond acceptors (Lipinski definition) is 6. The molecule has 0 saturated carbocycles. The maximum absolute atomic E-state index is 12.1. The highest BCUT2D eigenvalue weighted by atomic mass is 35.5. The first-order valence-electron chi connectivity index (χ1n) is 10.1. The van der Waals surface area contributed by atoms with Gasteiger partial charge in [-0.05, 0) is 30.7 Å². The number of primary amides is 1. The minimum absolute atomic E-state index is 0.0381. The van der Waals surface area contributed by atoms with Gasteiger partial charge in [-0.15, -0.1) is 0 Å². The lowest BCUT2D eigenvalue weighted by atomic mass is 9.78. The molecular formula is C21H27Cl2N5O2. The van der Waals surface area contributed by atoms with Crippen molar-refractivity contribution in [2.45, 2.75) is 33.1 Å². The summed E-state index contributed by atoms with van der Waals surface area (Å²) in [5.74, 6) is -0.145. The van der Waals surface area contributed by atoms with E-state index in [-0.39, 0.29) is 21.9 Å². The number of nitrogen functional groups attached to an aromatic ring is 1. The highest BCUT2D eigenvalue weighted by molar-refractivity contribution is 6.44. The van der Waals surface area contributed by atoms with E-state index in [2.05, 4.69) is 9.97 Å². The van der Waals surface area contributed by atoms with Crippen LogP contribution in [0.25, 0.3) is 11.1 Å². The van der Waals surface area contributed by atoms with Crippen LogP contribution in [0.3, 0.4) is 0 Å². The third kappa shape index (κ3) is 4.33. The third-order valence-electron chi connectivity index (χ3n) is 5.67. The van der Waals surface area contributed by atoms with E-state index in [9.17, 15) is 4.79 Å². The summed E-state index contributed by atoms with van der Waals surface area (Å²) in [6, 6.07) is 5.08. The van der Waals surface area contributed by atoms with E-state index in [0.29, 0.717) is 22.1 Å². The Morgan fingerprint density at radius 2 is 1.87 bits per heavy atom. The molecule has 3 heterocycles. The highest BCUT2D eigenvalue weighted by Gasteiger charge is 2.38. The molecule has 1 spiro atoms. The van der Waals surface area contributed by atoms with Crippen LogP contribution >= 0.6 is 23.2 Å². The predicted molar refractivity (Wildman–Crippen MR) is 121 cm³/mol. The van der Waals surface area contributed by atoms with Gasteiger partial charge in [-0.2, -0.15) is 4.98 Å². The second-order valence-electron chi connectivity index (χ2n) is 7.39. The van der Waals surface area contributed by atoms with E-state index >= 15 is 0 Å². The van der Waals surface area contributed by atoms with Gasteiger partial charge in [-0.1, -0.05) is 49.2 Å². The zero-order valence-corrected chi connectivity index (χ0v) is 18.8. The van der Waals surface area contributed by atoms with Crippen LogP contribution in [-0.2, 0) is 4.74 Å². The molecule has 0 radical (unpaired) electrons. The fourth-order valence-corrected chi connectivity index (χ4v) is 4.37. The zero-order valence-electron chi connectivity index (χ0n) is 17.3.